The van der Waals surface area contributed by atoms with Crippen LogP contribution in [0.5, 0.6) is 11.5 Å². The molecule has 1 aromatic rings. The van der Waals surface area contributed by atoms with Crippen molar-refractivity contribution >= 4 is 0 Å². The van der Waals surface area contributed by atoms with Gasteiger partial charge >= 0.3 is 6.61 Å². The van der Waals surface area contributed by atoms with Gasteiger partial charge in [0, 0.05) is 30.8 Å². The van der Waals surface area contributed by atoms with Gasteiger partial charge in [-0.3, -0.25) is 0 Å². The molecule has 0 aliphatic rings. The van der Waals surface area contributed by atoms with Gasteiger partial charge in [-0.05, 0) is 19.4 Å². The lowest BCUT2D eigenvalue weighted by Gasteiger charge is -2.16. The molecule has 0 aliphatic carbocycles. The minimum Gasteiger partial charge on any atom is -0.497 e. The van der Waals surface area contributed by atoms with Crippen molar-refractivity contribution < 1.29 is 23.4 Å². The number of rotatable bonds is 8. The molecule has 0 radical (unpaired) electrons. The lowest BCUT2D eigenvalue weighted by atomic mass is 10.1. The number of aliphatic hydroxyl groups excluding tert-OH is 1. The van der Waals surface area contributed by atoms with Crippen molar-refractivity contribution in [3.05, 3.63) is 23.8 Å². The molecule has 4 nitrogen and oxygen atoms in total. The van der Waals surface area contributed by atoms with E-state index in [-0.39, 0.29) is 18.4 Å². The Hall–Kier alpha value is -1.40. The predicted molar refractivity (Wildman–Crippen MR) is 67.6 cm³/mol. The SMILES string of the molecule is COc1ccc(CNC(C)CCO)c(OC(F)F)c1. The van der Waals surface area contributed by atoms with Gasteiger partial charge in [0.2, 0.25) is 0 Å². The minimum absolute atomic E-state index is 0.0805. The predicted octanol–water partition coefficient (Wildman–Crippen LogP) is 2.16. The summed E-state index contributed by atoms with van der Waals surface area (Å²) in [5, 5.41) is 11.9. The van der Waals surface area contributed by atoms with Crippen LogP contribution in [0.25, 0.3) is 0 Å². The number of hydrogen-bond acceptors (Lipinski definition) is 4. The minimum atomic E-state index is -2.87. The first kappa shape index (κ1) is 15.7. The van der Waals surface area contributed by atoms with Crippen molar-refractivity contribution in [2.45, 2.75) is 32.5 Å². The number of alkyl halides is 2. The smallest absolute Gasteiger partial charge is 0.387 e. The summed E-state index contributed by atoms with van der Waals surface area (Å²) < 4.78 is 34.1. The third-order valence-corrected chi connectivity index (χ3v) is 2.69. The first-order valence-electron chi connectivity index (χ1n) is 6.02. The standard InChI is InChI=1S/C13H19F2NO3/c1-9(5-6-17)16-8-10-3-4-11(18-2)7-12(10)19-13(14)15/h3-4,7,9,13,16-17H,5-6,8H2,1-2H3. The van der Waals surface area contributed by atoms with Crippen LogP contribution in [0.1, 0.15) is 18.9 Å². The maximum atomic E-state index is 12.3. The summed E-state index contributed by atoms with van der Waals surface area (Å²) in [4.78, 5) is 0. The lowest BCUT2D eigenvalue weighted by molar-refractivity contribution is -0.0505. The molecule has 2 N–H and O–H groups in total. The number of methoxy groups -OCH3 is 1. The van der Waals surface area contributed by atoms with E-state index in [1.165, 1.54) is 13.2 Å². The molecule has 0 amide bonds. The van der Waals surface area contributed by atoms with Crippen LogP contribution < -0.4 is 14.8 Å². The molecule has 1 aromatic carbocycles. The van der Waals surface area contributed by atoms with Crippen LogP contribution in [-0.2, 0) is 6.54 Å². The second kappa shape index (κ2) is 7.91. The molecule has 6 heteroatoms. The average molecular weight is 275 g/mol. The third-order valence-electron chi connectivity index (χ3n) is 2.69. The van der Waals surface area contributed by atoms with E-state index in [9.17, 15) is 8.78 Å². The summed E-state index contributed by atoms with van der Waals surface area (Å²) in [7, 11) is 1.46. The summed E-state index contributed by atoms with van der Waals surface area (Å²) >= 11 is 0. The zero-order chi connectivity index (χ0) is 14.3. The van der Waals surface area contributed by atoms with E-state index in [1.54, 1.807) is 12.1 Å². The van der Waals surface area contributed by atoms with E-state index in [2.05, 4.69) is 10.1 Å². The molecule has 0 bridgehead atoms. The molecule has 108 valence electrons. The highest BCUT2D eigenvalue weighted by molar-refractivity contribution is 5.40. The fraction of sp³-hybridized carbons (Fsp3) is 0.538. The summed E-state index contributed by atoms with van der Waals surface area (Å²) in [5.74, 6) is 0.556. The van der Waals surface area contributed by atoms with Crippen molar-refractivity contribution in [1.29, 1.82) is 0 Å². The maximum absolute atomic E-state index is 12.3. The van der Waals surface area contributed by atoms with Crippen LogP contribution in [0.4, 0.5) is 8.78 Å². The van der Waals surface area contributed by atoms with Gasteiger partial charge in [0.15, 0.2) is 0 Å². The Labute approximate surface area is 111 Å². The van der Waals surface area contributed by atoms with E-state index < -0.39 is 6.61 Å². The first-order chi connectivity index (χ1) is 9.06. The highest BCUT2D eigenvalue weighted by Gasteiger charge is 2.12. The number of ether oxygens (including phenoxy) is 2. The fourth-order valence-corrected chi connectivity index (χ4v) is 1.59. The molecule has 1 unspecified atom stereocenters. The molecule has 0 aliphatic heterocycles. The maximum Gasteiger partial charge on any atom is 0.387 e. The number of aliphatic hydroxyl groups is 1. The zero-order valence-corrected chi connectivity index (χ0v) is 11.0. The number of halogens is 2. The van der Waals surface area contributed by atoms with Gasteiger partial charge in [0.25, 0.3) is 0 Å². The molecule has 0 saturated carbocycles. The topological polar surface area (TPSA) is 50.7 Å². The van der Waals surface area contributed by atoms with Gasteiger partial charge in [0.1, 0.15) is 11.5 Å². The zero-order valence-electron chi connectivity index (χ0n) is 11.0. The number of nitrogens with one attached hydrogen (secondary N) is 1. The van der Waals surface area contributed by atoms with Crippen molar-refractivity contribution in [3.63, 3.8) is 0 Å². The van der Waals surface area contributed by atoms with Crippen molar-refractivity contribution in [3.8, 4) is 11.5 Å². The molecule has 1 atom stereocenters. The van der Waals surface area contributed by atoms with Crippen LogP contribution in [0.3, 0.4) is 0 Å². The normalized spacial score (nSPS) is 12.5. The molecule has 0 fully saturated rings. The van der Waals surface area contributed by atoms with E-state index in [1.807, 2.05) is 6.92 Å². The van der Waals surface area contributed by atoms with Crippen LogP contribution >= 0.6 is 0 Å². The highest BCUT2D eigenvalue weighted by Crippen LogP contribution is 2.26. The Balaban J connectivity index is 2.74. The van der Waals surface area contributed by atoms with Crippen LogP contribution in [0.15, 0.2) is 18.2 Å². The Kier molecular flexibility index (Phi) is 6.52. The largest absolute Gasteiger partial charge is 0.497 e. The second-order valence-corrected chi connectivity index (χ2v) is 4.15. The lowest BCUT2D eigenvalue weighted by Crippen LogP contribution is -2.26. The fourth-order valence-electron chi connectivity index (χ4n) is 1.59. The van der Waals surface area contributed by atoms with Gasteiger partial charge in [-0.1, -0.05) is 6.07 Å². The van der Waals surface area contributed by atoms with E-state index in [0.29, 0.717) is 24.3 Å². The van der Waals surface area contributed by atoms with E-state index in [0.717, 1.165) is 0 Å². The molecule has 19 heavy (non-hydrogen) atoms. The molecule has 0 spiro atoms. The molecular weight excluding hydrogens is 256 g/mol. The van der Waals surface area contributed by atoms with E-state index in [4.69, 9.17) is 9.84 Å². The van der Waals surface area contributed by atoms with Gasteiger partial charge in [0.05, 0.1) is 7.11 Å². The van der Waals surface area contributed by atoms with Crippen LogP contribution in [-0.4, -0.2) is 31.5 Å². The van der Waals surface area contributed by atoms with Crippen molar-refractivity contribution in [2.75, 3.05) is 13.7 Å². The summed E-state index contributed by atoms with van der Waals surface area (Å²) in [6.07, 6.45) is 0.598. The van der Waals surface area contributed by atoms with Crippen molar-refractivity contribution in [1.82, 2.24) is 5.32 Å². The first-order valence-corrected chi connectivity index (χ1v) is 6.02. The summed E-state index contributed by atoms with van der Waals surface area (Å²) in [6.45, 7) is -0.502. The Morgan fingerprint density at radius 3 is 2.68 bits per heavy atom. The Bertz CT molecular complexity index is 388. The summed E-state index contributed by atoms with van der Waals surface area (Å²) in [5.41, 5.74) is 0.617. The van der Waals surface area contributed by atoms with Gasteiger partial charge < -0.3 is 19.9 Å². The molecule has 0 heterocycles. The molecule has 0 saturated heterocycles. The molecular formula is C13H19F2NO3. The second-order valence-electron chi connectivity index (χ2n) is 4.15. The molecule has 0 aromatic heterocycles. The van der Waals surface area contributed by atoms with Crippen LogP contribution in [0.2, 0.25) is 0 Å². The number of benzene rings is 1. The van der Waals surface area contributed by atoms with Gasteiger partial charge in [-0.25, -0.2) is 0 Å². The third kappa shape index (κ3) is 5.40. The Morgan fingerprint density at radius 2 is 2.11 bits per heavy atom. The van der Waals surface area contributed by atoms with Gasteiger partial charge in [-0.15, -0.1) is 0 Å². The Morgan fingerprint density at radius 1 is 1.37 bits per heavy atom. The summed E-state index contributed by atoms with van der Waals surface area (Å²) in [6, 6.07) is 4.88. The van der Waals surface area contributed by atoms with Crippen molar-refractivity contribution in [2.24, 2.45) is 0 Å². The number of hydrogen-bond donors (Lipinski definition) is 2. The highest BCUT2D eigenvalue weighted by atomic mass is 19.3. The monoisotopic (exact) mass is 275 g/mol. The molecule has 1 rings (SSSR count). The quantitative estimate of drug-likeness (QED) is 0.763. The average Bonchev–Trinajstić information content (AvgIpc) is 2.36. The van der Waals surface area contributed by atoms with Crippen LogP contribution in [0, 0.1) is 0 Å². The van der Waals surface area contributed by atoms with E-state index >= 15 is 0 Å². The van der Waals surface area contributed by atoms with Gasteiger partial charge in [-0.2, -0.15) is 8.78 Å².